The SMILES string of the molecule is COCc1ccccc1C(=O)OCc1cc(OC)ccc1OC. The van der Waals surface area contributed by atoms with E-state index in [1.807, 2.05) is 12.1 Å². The number of carbonyl (C=O) groups is 1. The first kappa shape index (κ1) is 16.8. The molecule has 0 bridgehead atoms. The lowest BCUT2D eigenvalue weighted by atomic mass is 10.1. The molecule has 0 aliphatic rings. The third-order valence-corrected chi connectivity index (χ3v) is 3.38. The Bertz CT molecular complexity index is 666. The smallest absolute Gasteiger partial charge is 0.338 e. The summed E-state index contributed by atoms with van der Waals surface area (Å²) in [7, 11) is 4.74. The summed E-state index contributed by atoms with van der Waals surface area (Å²) in [6, 6.07) is 12.6. The maximum Gasteiger partial charge on any atom is 0.338 e. The van der Waals surface area contributed by atoms with Gasteiger partial charge in [0.2, 0.25) is 0 Å². The monoisotopic (exact) mass is 316 g/mol. The average molecular weight is 316 g/mol. The maximum absolute atomic E-state index is 12.3. The molecule has 5 nitrogen and oxygen atoms in total. The van der Waals surface area contributed by atoms with E-state index in [0.29, 0.717) is 23.7 Å². The number of methoxy groups -OCH3 is 3. The Kier molecular flexibility index (Phi) is 6.00. The number of rotatable bonds is 7. The van der Waals surface area contributed by atoms with Crippen molar-refractivity contribution in [1.29, 1.82) is 0 Å². The van der Waals surface area contributed by atoms with Crippen molar-refractivity contribution in [2.45, 2.75) is 13.2 Å². The molecule has 5 heteroatoms. The van der Waals surface area contributed by atoms with Crippen LogP contribution in [0.1, 0.15) is 21.5 Å². The number of benzene rings is 2. The van der Waals surface area contributed by atoms with E-state index < -0.39 is 5.97 Å². The van der Waals surface area contributed by atoms with Crippen LogP contribution < -0.4 is 9.47 Å². The van der Waals surface area contributed by atoms with Crippen molar-refractivity contribution in [3.8, 4) is 11.5 Å². The fourth-order valence-electron chi connectivity index (χ4n) is 2.22. The molecule has 2 rings (SSSR count). The number of hydrogen-bond acceptors (Lipinski definition) is 5. The summed E-state index contributed by atoms with van der Waals surface area (Å²) < 4.78 is 21.0. The van der Waals surface area contributed by atoms with Gasteiger partial charge in [-0.2, -0.15) is 0 Å². The zero-order valence-electron chi connectivity index (χ0n) is 13.5. The second-order valence-electron chi connectivity index (χ2n) is 4.84. The van der Waals surface area contributed by atoms with Crippen molar-refractivity contribution in [2.75, 3.05) is 21.3 Å². The number of carbonyl (C=O) groups excluding carboxylic acids is 1. The van der Waals surface area contributed by atoms with Gasteiger partial charge in [-0.15, -0.1) is 0 Å². The van der Waals surface area contributed by atoms with Crippen molar-refractivity contribution < 1.29 is 23.7 Å². The fraction of sp³-hybridized carbons (Fsp3) is 0.278. The van der Waals surface area contributed by atoms with Gasteiger partial charge in [-0.25, -0.2) is 4.79 Å². The predicted octanol–water partition coefficient (Wildman–Crippen LogP) is 3.21. The van der Waals surface area contributed by atoms with Crippen molar-refractivity contribution in [2.24, 2.45) is 0 Å². The van der Waals surface area contributed by atoms with Crippen molar-refractivity contribution in [1.82, 2.24) is 0 Å². The topological polar surface area (TPSA) is 54.0 Å². The Morgan fingerprint density at radius 2 is 1.70 bits per heavy atom. The van der Waals surface area contributed by atoms with Gasteiger partial charge in [-0.3, -0.25) is 0 Å². The van der Waals surface area contributed by atoms with Gasteiger partial charge in [-0.05, 0) is 29.8 Å². The van der Waals surface area contributed by atoms with Crippen LogP contribution in [0.15, 0.2) is 42.5 Å². The van der Waals surface area contributed by atoms with Gasteiger partial charge in [0.1, 0.15) is 18.1 Å². The quantitative estimate of drug-likeness (QED) is 0.734. The normalized spacial score (nSPS) is 10.2. The van der Waals surface area contributed by atoms with Crippen molar-refractivity contribution >= 4 is 5.97 Å². The van der Waals surface area contributed by atoms with Gasteiger partial charge >= 0.3 is 5.97 Å². The minimum Gasteiger partial charge on any atom is -0.497 e. The molecule has 0 aliphatic carbocycles. The first-order valence-corrected chi connectivity index (χ1v) is 7.14. The highest BCUT2D eigenvalue weighted by Crippen LogP contribution is 2.25. The van der Waals surface area contributed by atoms with Crippen LogP contribution in [0.25, 0.3) is 0 Å². The largest absolute Gasteiger partial charge is 0.497 e. The van der Waals surface area contributed by atoms with Crippen LogP contribution in [-0.2, 0) is 22.7 Å². The second-order valence-corrected chi connectivity index (χ2v) is 4.84. The van der Waals surface area contributed by atoms with E-state index in [-0.39, 0.29) is 6.61 Å². The molecule has 0 N–H and O–H groups in total. The van der Waals surface area contributed by atoms with Crippen LogP contribution in [0.3, 0.4) is 0 Å². The van der Waals surface area contributed by atoms with Crippen LogP contribution in [0.5, 0.6) is 11.5 Å². The van der Waals surface area contributed by atoms with Crippen LogP contribution in [-0.4, -0.2) is 27.3 Å². The first-order chi connectivity index (χ1) is 11.2. The molecule has 0 heterocycles. The summed E-state index contributed by atoms with van der Waals surface area (Å²) in [6.07, 6.45) is 0. The van der Waals surface area contributed by atoms with E-state index in [0.717, 1.165) is 11.1 Å². The molecule has 0 aromatic heterocycles. The van der Waals surface area contributed by atoms with E-state index in [9.17, 15) is 4.79 Å². The molecular weight excluding hydrogens is 296 g/mol. The molecule has 0 aliphatic heterocycles. The van der Waals surface area contributed by atoms with E-state index in [1.165, 1.54) is 0 Å². The Labute approximate surface area is 135 Å². The molecule has 23 heavy (non-hydrogen) atoms. The van der Waals surface area contributed by atoms with Crippen LogP contribution in [0.4, 0.5) is 0 Å². The summed E-state index contributed by atoms with van der Waals surface area (Å²) in [5.74, 6) is 0.919. The highest BCUT2D eigenvalue weighted by atomic mass is 16.5. The third-order valence-electron chi connectivity index (χ3n) is 3.38. The lowest BCUT2D eigenvalue weighted by Crippen LogP contribution is -2.09. The maximum atomic E-state index is 12.3. The van der Waals surface area contributed by atoms with Gasteiger partial charge in [0, 0.05) is 12.7 Å². The summed E-state index contributed by atoms with van der Waals surface area (Å²) in [4.78, 5) is 12.3. The first-order valence-electron chi connectivity index (χ1n) is 7.14. The highest BCUT2D eigenvalue weighted by molar-refractivity contribution is 5.91. The Morgan fingerprint density at radius 3 is 2.39 bits per heavy atom. The molecule has 0 atom stereocenters. The molecule has 122 valence electrons. The van der Waals surface area contributed by atoms with Gasteiger partial charge in [0.25, 0.3) is 0 Å². The van der Waals surface area contributed by atoms with Gasteiger partial charge in [0.15, 0.2) is 0 Å². The summed E-state index contributed by atoms with van der Waals surface area (Å²) in [6.45, 7) is 0.453. The predicted molar refractivity (Wildman–Crippen MR) is 85.8 cm³/mol. The van der Waals surface area contributed by atoms with Gasteiger partial charge in [0.05, 0.1) is 26.4 Å². The molecule has 0 saturated heterocycles. The zero-order chi connectivity index (χ0) is 16.7. The number of hydrogen-bond donors (Lipinski definition) is 0. The molecular formula is C18H20O5. The van der Waals surface area contributed by atoms with E-state index >= 15 is 0 Å². The minimum atomic E-state index is -0.400. The van der Waals surface area contributed by atoms with E-state index in [4.69, 9.17) is 18.9 Å². The van der Waals surface area contributed by atoms with Crippen LogP contribution in [0.2, 0.25) is 0 Å². The Balaban J connectivity index is 2.13. The number of ether oxygens (including phenoxy) is 4. The van der Waals surface area contributed by atoms with Gasteiger partial charge in [-0.1, -0.05) is 18.2 Å². The summed E-state index contributed by atoms with van der Waals surface area (Å²) in [5, 5.41) is 0. The lowest BCUT2D eigenvalue weighted by molar-refractivity contribution is 0.0465. The summed E-state index contributed by atoms with van der Waals surface area (Å²) >= 11 is 0. The minimum absolute atomic E-state index is 0.0977. The zero-order valence-corrected chi connectivity index (χ0v) is 13.5. The highest BCUT2D eigenvalue weighted by Gasteiger charge is 2.14. The Hall–Kier alpha value is -2.53. The number of esters is 1. The Morgan fingerprint density at radius 1 is 0.913 bits per heavy atom. The molecule has 2 aromatic rings. The molecule has 0 radical (unpaired) electrons. The molecule has 0 amide bonds. The van der Waals surface area contributed by atoms with Crippen LogP contribution >= 0.6 is 0 Å². The third kappa shape index (κ3) is 4.23. The van der Waals surface area contributed by atoms with Crippen LogP contribution in [0, 0.1) is 0 Å². The molecule has 0 saturated carbocycles. The molecule has 0 unspecified atom stereocenters. The van der Waals surface area contributed by atoms with Gasteiger partial charge < -0.3 is 18.9 Å². The molecule has 2 aromatic carbocycles. The van der Waals surface area contributed by atoms with Crippen molar-refractivity contribution in [3.63, 3.8) is 0 Å². The average Bonchev–Trinajstić information content (AvgIpc) is 2.60. The summed E-state index contributed by atoms with van der Waals surface area (Å²) in [5.41, 5.74) is 2.03. The standard InChI is InChI=1S/C18H20O5/c1-20-11-13-6-4-5-7-16(13)18(19)23-12-14-10-15(21-2)8-9-17(14)22-3/h4-10H,11-12H2,1-3H3. The second kappa shape index (κ2) is 8.19. The lowest BCUT2D eigenvalue weighted by Gasteiger charge is -2.12. The van der Waals surface area contributed by atoms with E-state index in [2.05, 4.69) is 0 Å². The molecule has 0 fully saturated rings. The fourth-order valence-corrected chi connectivity index (χ4v) is 2.22. The van der Waals surface area contributed by atoms with Crippen molar-refractivity contribution in [3.05, 3.63) is 59.2 Å². The molecule has 0 spiro atoms. The van der Waals surface area contributed by atoms with E-state index in [1.54, 1.807) is 51.7 Å².